The monoisotopic (exact) mass is 302 g/mol. The molecule has 2 rings (SSSR count). The molecule has 1 atom stereocenters. The summed E-state index contributed by atoms with van der Waals surface area (Å²) in [7, 11) is 0. The van der Waals surface area contributed by atoms with E-state index < -0.39 is 0 Å². The van der Waals surface area contributed by atoms with Crippen LogP contribution in [0, 0.1) is 17.2 Å². The zero-order valence-corrected chi connectivity index (χ0v) is 11.4. The number of halogens is 1. The smallest absolute Gasteiger partial charge is 0.166 e. The van der Waals surface area contributed by atoms with Crippen molar-refractivity contribution in [2.75, 3.05) is 0 Å². The van der Waals surface area contributed by atoms with Gasteiger partial charge in [0.1, 0.15) is 0 Å². The lowest BCUT2D eigenvalue weighted by molar-refractivity contribution is 0.0974. The summed E-state index contributed by atoms with van der Waals surface area (Å²) >= 11 is 3.44. The van der Waals surface area contributed by atoms with Gasteiger partial charge < -0.3 is 0 Å². The average Bonchev–Trinajstić information content (AvgIpc) is 2.39. The number of aromatic nitrogens is 1. The third-order valence-electron chi connectivity index (χ3n) is 2.73. The van der Waals surface area contributed by atoms with Gasteiger partial charge in [0, 0.05) is 28.0 Å². The predicted octanol–water partition coefficient (Wildman–Crippen LogP) is 3.73. The molecule has 1 aromatic carbocycles. The van der Waals surface area contributed by atoms with E-state index in [0.717, 1.165) is 9.86 Å². The molecular formula is C14H11BrN2O. The molecule has 90 valence electrons. The molecule has 0 saturated heterocycles. The first-order chi connectivity index (χ1) is 8.63. The van der Waals surface area contributed by atoms with Crippen LogP contribution in [-0.4, -0.2) is 10.8 Å². The van der Waals surface area contributed by atoms with Gasteiger partial charge in [-0.2, -0.15) is 5.26 Å². The summed E-state index contributed by atoms with van der Waals surface area (Å²) in [5.41, 5.74) is 1.26. The number of benzene rings is 1. The number of hydrogen-bond acceptors (Lipinski definition) is 3. The third-order valence-corrected chi connectivity index (χ3v) is 3.42. The highest BCUT2D eigenvalue weighted by molar-refractivity contribution is 9.10. The van der Waals surface area contributed by atoms with Crippen LogP contribution >= 0.6 is 15.9 Å². The number of carbonyl (C=O) groups is 1. The maximum atomic E-state index is 12.1. The van der Waals surface area contributed by atoms with E-state index in [9.17, 15) is 4.79 Å². The molecule has 2 aromatic rings. The summed E-state index contributed by atoms with van der Waals surface area (Å²) in [6.45, 7) is 1.74. The lowest BCUT2D eigenvalue weighted by atomic mass is 9.99. The highest BCUT2D eigenvalue weighted by Gasteiger charge is 2.15. The summed E-state index contributed by atoms with van der Waals surface area (Å²) in [6.07, 6.45) is 1.89. The van der Waals surface area contributed by atoms with Crippen LogP contribution in [0.2, 0.25) is 0 Å². The van der Waals surface area contributed by atoms with Crippen LogP contribution in [0.25, 0.3) is 10.9 Å². The van der Waals surface area contributed by atoms with Crippen LogP contribution < -0.4 is 0 Å². The molecule has 0 saturated carbocycles. The highest BCUT2D eigenvalue weighted by Crippen LogP contribution is 2.26. The van der Waals surface area contributed by atoms with Crippen LogP contribution in [0.3, 0.4) is 0 Å². The Hall–Kier alpha value is -1.73. The molecule has 1 heterocycles. The van der Waals surface area contributed by atoms with Gasteiger partial charge in [0.2, 0.25) is 0 Å². The quantitative estimate of drug-likeness (QED) is 0.812. The van der Waals surface area contributed by atoms with Gasteiger partial charge in [-0.3, -0.25) is 9.78 Å². The fourth-order valence-corrected chi connectivity index (χ4v) is 2.25. The van der Waals surface area contributed by atoms with Crippen LogP contribution in [0.15, 0.2) is 34.9 Å². The van der Waals surface area contributed by atoms with Gasteiger partial charge in [-0.25, -0.2) is 0 Å². The Morgan fingerprint density at radius 1 is 1.50 bits per heavy atom. The first-order valence-corrected chi connectivity index (χ1v) is 6.39. The second kappa shape index (κ2) is 5.28. The van der Waals surface area contributed by atoms with Crippen molar-refractivity contribution in [2.24, 2.45) is 5.92 Å². The molecule has 0 aliphatic carbocycles. The van der Waals surface area contributed by atoms with Crippen LogP contribution in [-0.2, 0) is 0 Å². The van der Waals surface area contributed by atoms with Crippen molar-refractivity contribution in [2.45, 2.75) is 13.3 Å². The Morgan fingerprint density at radius 2 is 2.28 bits per heavy atom. The van der Waals surface area contributed by atoms with E-state index in [2.05, 4.69) is 27.0 Å². The largest absolute Gasteiger partial charge is 0.294 e. The molecule has 1 unspecified atom stereocenters. The summed E-state index contributed by atoms with van der Waals surface area (Å²) in [4.78, 5) is 16.4. The van der Waals surface area contributed by atoms with Crippen molar-refractivity contribution in [1.29, 1.82) is 5.26 Å². The number of rotatable bonds is 3. The van der Waals surface area contributed by atoms with Crippen molar-refractivity contribution in [3.8, 4) is 6.07 Å². The van der Waals surface area contributed by atoms with Crippen LogP contribution in [0.1, 0.15) is 23.7 Å². The topological polar surface area (TPSA) is 53.8 Å². The number of nitrogens with zero attached hydrogens (tertiary/aromatic N) is 2. The van der Waals surface area contributed by atoms with E-state index >= 15 is 0 Å². The van der Waals surface area contributed by atoms with Gasteiger partial charge in [-0.05, 0) is 25.1 Å². The Balaban J connectivity index is 2.49. The molecule has 0 spiro atoms. The Labute approximate surface area is 114 Å². The first-order valence-electron chi connectivity index (χ1n) is 5.59. The maximum absolute atomic E-state index is 12.1. The van der Waals surface area contributed by atoms with E-state index in [4.69, 9.17) is 5.26 Å². The molecule has 0 bridgehead atoms. The number of carbonyl (C=O) groups excluding carboxylic acids is 1. The third kappa shape index (κ3) is 2.41. The van der Waals surface area contributed by atoms with E-state index in [-0.39, 0.29) is 18.1 Å². The van der Waals surface area contributed by atoms with Crippen molar-refractivity contribution in [3.05, 3.63) is 40.5 Å². The minimum Gasteiger partial charge on any atom is -0.294 e. The number of Topliss-reactive ketones (excluding diaryl/α,β-unsaturated/α-hetero) is 1. The number of fused-ring (bicyclic) bond motifs is 1. The zero-order valence-electron chi connectivity index (χ0n) is 9.85. The Bertz CT molecular complexity index is 646. The number of ketones is 1. The summed E-state index contributed by atoms with van der Waals surface area (Å²) in [5.74, 6) is -0.319. The average molecular weight is 303 g/mol. The van der Waals surface area contributed by atoms with Gasteiger partial charge in [0.25, 0.3) is 0 Å². The lowest BCUT2D eigenvalue weighted by Gasteiger charge is -2.07. The molecular weight excluding hydrogens is 292 g/mol. The molecule has 18 heavy (non-hydrogen) atoms. The number of nitriles is 1. The molecule has 0 N–H and O–H groups in total. The van der Waals surface area contributed by atoms with Crippen LogP contribution in [0.4, 0.5) is 0 Å². The maximum Gasteiger partial charge on any atom is 0.166 e. The van der Waals surface area contributed by atoms with Gasteiger partial charge >= 0.3 is 0 Å². The molecule has 4 heteroatoms. The molecule has 0 fully saturated rings. The summed E-state index contributed by atoms with van der Waals surface area (Å²) in [5, 5.41) is 9.67. The lowest BCUT2D eigenvalue weighted by Crippen LogP contribution is -2.06. The van der Waals surface area contributed by atoms with Crippen molar-refractivity contribution in [3.63, 3.8) is 0 Å². The van der Waals surface area contributed by atoms with Crippen molar-refractivity contribution in [1.82, 2.24) is 4.98 Å². The Morgan fingerprint density at radius 3 is 3.00 bits per heavy atom. The molecule has 0 aliphatic rings. The number of pyridine rings is 1. The van der Waals surface area contributed by atoms with E-state index in [1.54, 1.807) is 19.2 Å². The first kappa shape index (κ1) is 12.7. The van der Waals surface area contributed by atoms with Gasteiger partial charge in [-0.1, -0.05) is 22.0 Å². The SMILES string of the molecule is CC(C#N)CC(=O)c1ccc(Br)c2cccnc12. The highest BCUT2D eigenvalue weighted by atomic mass is 79.9. The molecule has 0 aliphatic heterocycles. The fraction of sp³-hybridized carbons (Fsp3) is 0.214. The van der Waals surface area contributed by atoms with Crippen LogP contribution in [0.5, 0.6) is 0 Å². The van der Waals surface area contributed by atoms with Gasteiger partial charge in [-0.15, -0.1) is 0 Å². The van der Waals surface area contributed by atoms with E-state index in [0.29, 0.717) is 11.1 Å². The Kier molecular flexibility index (Phi) is 3.73. The predicted molar refractivity (Wildman–Crippen MR) is 73.2 cm³/mol. The minimum atomic E-state index is -0.278. The van der Waals surface area contributed by atoms with Gasteiger partial charge in [0.15, 0.2) is 5.78 Å². The molecule has 0 amide bonds. The molecule has 0 radical (unpaired) electrons. The summed E-state index contributed by atoms with van der Waals surface area (Å²) < 4.78 is 0.912. The zero-order chi connectivity index (χ0) is 13.1. The minimum absolute atomic E-state index is 0.0414. The molecule has 3 nitrogen and oxygen atoms in total. The van der Waals surface area contributed by atoms with Crippen molar-refractivity contribution >= 4 is 32.6 Å². The normalized spacial score (nSPS) is 12.1. The molecule has 1 aromatic heterocycles. The number of hydrogen-bond donors (Lipinski definition) is 0. The van der Waals surface area contributed by atoms with Gasteiger partial charge in [0.05, 0.1) is 17.5 Å². The second-order valence-electron chi connectivity index (χ2n) is 4.15. The standard InChI is InChI=1S/C14H11BrN2O/c1-9(8-16)7-13(18)11-4-5-12(15)10-3-2-6-17-14(10)11/h2-6,9H,7H2,1H3. The summed E-state index contributed by atoms with van der Waals surface area (Å²) in [6, 6.07) is 9.42. The van der Waals surface area contributed by atoms with E-state index in [1.807, 2.05) is 18.2 Å². The van der Waals surface area contributed by atoms with E-state index in [1.165, 1.54) is 0 Å². The second-order valence-corrected chi connectivity index (χ2v) is 5.01. The van der Waals surface area contributed by atoms with Crippen molar-refractivity contribution < 1.29 is 4.79 Å². The fourth-order valence-electron chi connectivity index (χ4n) is 1.80.